The molecule has 0 aliphatic carbocycles. The van der Waals surface area contributed by atoms with E-state index in [4.69, 9.17) is 69.6 Å². The summed E-state index contributed by atoms with van der Waals surface area (Å²) >= 11 is 35.8. The molecule has 0 spiro atoms. The van der Waals surface area contributed by atoms with Crippen LogP contribution in [0.25, 0.3) is 5.82 Å². The normalized spacial score (nSPS) is 11.2. The highest BCUT2D eigenvalue weighted by Gasteiger charge is 2.22. The smallest absolute Gasteiger partial charge is 0.136 e. The maximum Gasteiger partial charge on any atom is 0.136 e. The fourth-order valence-corrected chi connectivity index (χ4v) is 2.79. The van der Waals surface area contributed by atoms with E-state index in [0.29, 0.717) is 16.0 Å². The van der Waals surface area contributed by atoms with Gasteiger partial charge in [-0.1, -0.05) is 69.6 Å². The van der Waals surface area contributed by atoms with Crippen molar-refractivity contribution >= 4 is 69.6 Å². The highest BCUT2D eigenvalue weighted by molar-refractivity contribution is 6.52. The van der Waals surface area contributed by atoms with Crippen molar-refractivity contribution in [2.24, 2.45) is 7.05 Å². The molecule has 2 aromatic rings. The Balaban J connectivity index is 2.77. The van der Waals surface area contributed by atoms with Crippen LogP contribution in [0, 0.1) is 0 Å². The third-order valence-electron chi connectivity index (χ3n) is 2.27. The average molecular weight is 353 g/mol. The largest absolute Gasteiger partial charge is 0.320 e. The predicted octanol–water partition coefficient (Wildman–Crippen LogP) is 5.74. The van der Waals surface area contributed by atoms with Gasteiger partial charge in [0.05, 0.1) is 15.1 Å². The molecule has 0 aliphatic heterocycles. The summed E-state index contributed by atoms with van der Waals surface area (Å²) in [6.07, 6.45) is 0. The Hall–Kier alpha value is 0.300. The van der Waals surface area contributed by atoms with Gasteiger partial charge < -0.3 is 4.57 Å². The molecule has 2 heterocycles. The number of hydrogen-bond acceptors (Lipinski definition) is 0. The van der Waals surface area contributed by atoms with Crippen LogP contribution in [-0.4, -0.2) is 9.13 Å². The van der Waals surface area contributed by atoms with Gasteiger partial charge in [-0.05, 0) is 0 Å². The molecule has 0 radical (unpaired) electrons. The van der Waals surface area contributed by atoms with Crippen LogP contribution in [0.2, 0.25) is 30.5 Å². The topological polar surface area (TPSA) is 9.86 Å². The van der Waals surface area contributed by atoms with Crippen LogP contribution in [0.4, 0.5) is 0 Å². The lowest BCUT2D eigenvalue weighted by Gasteiger charge is -2.08. The zero-order valence-corrected chi connectivity index (χ0v) is 12.8. The van der Waals surface area contributed by atoms with Gasteiger partial charge in [-0.3, -0.25) is 4.57 Å². The van der Waals surface area contributed by atoms with Crippen LogP contribution in [0.1, 0.15) is 0 Å². The highest BCUT2D eigenvalue weighted by Crippen LogP contribution is 2.42. The first kappa shape index (κ1) is 13.7. The first-order chi connectivity index (χ1) is 7.86. The third kappa shape index (κ3) is 2.05. The number of rotatable bonds is 1. The van der Waals surface area contributed by atoms with E-state index in [2.05, 4.69) is 0 Å². The standard InChI is InChI=1S/C9H4Cl6N2/c1-16-4(2-3(10)7(16)13)17-8(14)5(11)6(12)9(17)15/h2H,1H3. The number of hydrogen-bond donors (Lipinski definition) is 0. The highest BCUT2D eigenvalue weighted by atomic mass is 35.5. The van der Waals surface area contributed by atoms with E-state index in [9.17, 15) is 0 Å². The van der Waals surface area contributed by atoms with E-state index in [0.717, 1.165) is 0 Å². The van der Waals surface area contributed by atoms with E-state index < -0.39 is 0 Å². The summed E-state index contributed by atoms with van der Waals surface area (Å²) in [5.41, 5.74) is 0. The van der Waals surface area contributed by atoms with E-state index in [1.165, 1.54) is 4.57 Å². The molecule has 2 rings (SSSR count). The van der Waals surface area contributed by atoms with E-state index in [1.807, 2.05) is 0 Å². The Morgan fingerprint density at radius 3 is 1.65 bits per heavy atom. The van der Waals surface area contributed by atoms with Crippen molar-refractivity contribution in [1.29, 1.82) is 0 Å². The predicted molar refractivity (Wildman–Crippen MR) is 74.8 cm³/mol. The summed E-state index contributed by atoms with van der Waals surface area (Å²) in [5, 5.41) is 1.54. The van der Waals surface area contributed by atoms with Crippen LogP contribution in [0.3, 0.4) is 0 Å². The van der Waals surface area contributed by atoms with Crippen molar-refractivity contribution in [1.82, 2.24) is 9.13 Å². The van der Waals surface area contributed by atoms with Crippen molar-refractivity contribution in [2.45, 2.75) is 0 Å². The molecule has 0 aliphatic rings. The average Bonchev–Trinajstić information content (AvgIpc) is 2.64. The van der Waals surface area contributed by atoms with Crippen molar-refractivity contribution < 1.29 is 0 Å². The Labute approximate surface area is 128 Å². The quantitative estimate of drug-likeness (QED) is 0.619. The monoisotopic (exact) mass is 350 g/mol. The number of halogens is 6. The van der Waals surface area contributed by atoms with Crippen molar-refractivity contribution in [3.05, 3.63) is 36.6 Å². The van der Waals surface area contributed by atoms with Crippen molar-refractivity contribution in [3.8, 4) is 5.82 Å². The molecule has 2 aromatic heterocycles. The van der Waals surface area contributed by atoms with Gasteiger partial charge in [-0.2, -0.15) is 0 Å². The Morgan fingerprint density at radius 1 is 0.824 bits per heavy atom. The minimum Gasteiger partial charge on any atom is -0.320 e. The van der Waals surface area contributed by atoms with Crippen molar-refractivity contribution in [3.63, 3.8) is 0 Å². The molecule has 0 atom stereocenters. The second-order valence-corrected chi connectivity index (χ2v) is 5.48. The Morgan fingerprint density at radius 2 is 1.29 bits per heavy atom. The molecule has 92 valence electrons. The summed E-state index contributed by atoms with van der Waals surface area (Å²) in [5.74, 6) is 0.573. The SMILES string of the molecule is Cn1c(-n2c(Cl)c(Cl)c(Cl)c2Cl)cc(Cl)c1Cl. The van der Waals surface area contributed by atoms with E-state index >= 15 is 0 Å². The third-order valence-corrected chi connectivity index (χ3v) is 4.85. The lowest BCUT2D eigenvalue weighted by atomic mass is 10.6. The van der Waals surface area contributed by atoms with Gasteiger partial charge in [0.1, 0.15) is 21.3 Å². The molecular weight excluding hydrogens is 349 g/mol. The second-order valence-electron chi connectivity index (χ2n) is 3.25. The molecule has 0 aromatic carbocycles. The zero-order chi connectivity index (χ0) is 12.9. The minimum atomic E-state index is 0.187. The van der Waals surface area contributed by atoms with Crippen LogP contribution < -0.4 is 0 Å². The van der Waals surface area contributed by atoms with E-state index in [-0.39, 0.29) is 20.4 Å². The lowest BCUT2D eigenvalue weighted by molar-refractivity contribution is 0.849. The molecule has 17 heavy (non-hydrogen) atoms. The van der Waals surface area contributed by atoms with Gasteiger partial charge >= 0.3 is 0 Å². The number of nitrogens with zero attached hydrogens (tertiary/aromatic N) is 2. The zero-order valence-electron chi connectivity index (χ0n) is 8.24. The van der Waals surface area contributed by atoms with Crippen molar-refractivity contribution in [2.75, 3.05) is 0 Å². The summed E-state index contributed by atoms with van der Waals surface area (Å²) in [6.45, 7) is 0. The molecule has 8 heteroatoms. The van der Waals surface area contributed by atoms with Crippen LogP contribution in [0.5, 0.6) is 0 Å². The Bertz CT molecular complexity index is 572. The molecule has 0 saturated heterocycles. The molecule has 0 amide bonds. The van der Waals surface area contributed by atoms with Crippen LogP contribution in [-0.2, 0) is 7.05 Å². The first-order valence-electron chi connectivity index (χ1n) is 4.28. The first-order valence-corrected chi connectivity index (χ1v) is 6.54. The minimum absolute atomic E-state index is 0.187. The molecule has 2 nitrogen and oxygen atoms in total. The summed E-state index contributed by atoms with van der Waals surface area (Å²) in [7, 11) is 1.72. The molecular formula is C9H4Cl6N2. The van der Waals surface area contributed by atoms with Gasteiger partial charge in [0, 0.05) is 13.1 Å². The summed E-state index contributed by atoms with van der Waals surface area (Å²) in [4.78, 5) is 0. The van der Waals surface area contributed by atoms with E-state index in [1.54, 1.807) is 17.7 Å². The lowest BCUT2D eigenvalue weighted by Crippen LogP contribution is -2.01. The van der Waals surface area contributed by atoms with Gasteiger partial charge in [0.15, 0.2) is 0 Å². The molecule has 0 fully saturated rings. The van der Waals surface area contributed by atoms with Gasteiger partial charge in [-0.25, -0.2) is 0 Å². The molecule has 0 N–H and O–H groups in total. The molecule has 0 unspecified atom stereocenters. The fraction of sp³-hybridized carbons (Fsp3) is 0.111. The second kappa shape index (κ2) is 4.76. The maximum absolute atomic E-state index is 6.05. The molecule has 0 saturated carbocycles. The summed E-state index contributed by atoms with van der Waals surface area (Å²) in [6, 6.07) is 1.62. The van der Waals surface area contributed by atoms with Gasteiger partial charge in [0.25, 0.3) is 0 Å². The van der Waals surface area contributed by atoms with Gasteiger partial charge in [0.2, 0.25) is 0 Å². The molecule has 0 bridgehead atoms. The number of aromatic nitrogens is 2. The van der Waals surface area contributed by atoms with Crippen LogP contribution >= 0.6 is 69.6 Å². The maximum atomic E-state index is 6.05. The van der Waals surface area contributed by atoms with Crippen LogP contribution in [0.15, 0.2) is 6.07 Å². The Kier molecular flexibility index (Phi) is 3.85. The van der Waals surface area contributed by atoms with Gasteiger partial charge in [-0.15, -0.1) is 0 Å². The fourth-order valence-electron chi connectivity index (χ4n) is 1.41. The summed E-state index contributed by atoms with van der Waals surface area (Å²) < 4.78 is 3.08.